The number of hydrogen-bond donors (Lipinski definition) is 0. The van der Waals surface area contributed by atoms with E-state index in [4.69, 9.17) is 4.18 Å². The van der Waals surface area contributed by atoms with Crippen molar-refractivity contribution in [2.24, 2.45) is 5.92 Å². The van der Waals surface area contributed by atoms with Crippen LogP contribution < -0.4 is 4.18 Å². The minimum absolute atomic E-state index is 0.201. The Morgan fingerprint density at radius 3 is 2.21 bits per heavy atom. The Labute approximate surface area is 171 Å². The molecule has 28 heavy (non-hydrogen) atoms. The standard InChI is InChI=1S/C22H37NO4S/c1-5-6-7-8-9-10-11-22(24)23(17-16-19(2)3)18-20-12-14-21(15-13-20)27-28(4,25)26/h12-15,19H,5-11,16-18H2,1-4H3. The molecule has 0 saturated heterocycles. The zero-order valence-electron chi connectivity index (χ0n) is 17.9. The minimum atomic E-state index is -3.53. The first-order valence-corrected chi connectivity index (χ1v) is 12.3. The molecule has 1 amide bonds. The first-order valence-electron chi connectivity index (χ1n) is 10.5. The fraction of sp³-hybridized carbons (Fsp3) is 0.682. The molecular weight excluding hydrogens is 374 g/mol. The minimum Gasteiger partial charge on any atom is -0.383 e. The molecule has 5 nitrogen and oxygen atoms in total. The molecule has 0 aromatic heterocycles. The van der Waals surface area contributed by atoms with Gasteiger partial charge in [-0.1, -0.05) is 65.0 Å². The molecule has 0 heterocycles. The SMILES string of the molecule is CCCCCCCCC(=O)N(CCC(C)C)Cc1ccc(OS(C)(=O)=O)cc1. The second kappa shape index (κ2) is 12.8. The molecular formula is C22H37NO4S. The van der Waals surface area contributed by atoms with E-state index in [9.17, 15) is 13.2 Å². The van der Waals surface area contributed by atoms with E-state index in [0.29, 0.717) is 24.6 Å². The van der Waals surface area contributed by atoms with Crippen LogP contribution in [0.2, 0.25) is 0 Å². The molecule has 160 valence electrons. The monoisotopic (exact) mass is 411 g/mol. The molecule has 0 aliphatic rings. The zero-order chi connectivity index (χ0) is 21.0. The van der Waals surface area contributed by atoms with Crippen LogP contribution in [0.3, 0.4) is 0 Å². The molecule has 6 heteroatoms. The van der Waals surface area contributed by atoms with Gasteiger partial charge in [0.25, 0.3) is 0 Å². The van der Waals surface area contributed by atoms with E-state index >= 15 is 0 Å². The van der Waals surface area contributed by atoms with Crippen LogP contribution in [0.25, 0.3) is 0 Å². The van der Waals surface area contributed by atoms with Gasteiger partial charge in [-0.3, -0.25) is 4.79 Å². The second-order valence-electron chi connectivity index (χ2n) is 7.95. The first kappa shape index (κ1) is 24.5. The molecule has 0 atom stereocenters. The molecule has 0 unspecified atom stereocenters. The quantitative estimate of drug-likeness (QED) is 0.314. The van der Waals surface area contributed by atoms with E-state index in [1.165, 1.54) is 25.7 Å². The van der Waals surface area contributed by atoms with Crippen LogP contribution >= 0.6 is 0 Å². The Kier molecular flexibility index (Phi) is 11.2. The van der Waals surface area contributed by atoms with Gasteiger partial charge in [0.15, 0.2) is 0 Å². The lowest BCUT2D eigenvalue weighted by Crippen LogP contribution is -2.32. The first-order chi connectivity index (χ1) is 13.2. The number of amides is 1. The van der Waals surface area contributed by atoms with E-state index in [1.807, 2.05) is 17.0 Å². The van der Waals surface area contributed by atoms with Crippen LogP contribution in [0.5, 0.6) is 5.75 Å². The van der Waals surface area contributed by atoms with E-state index in [0.717, 1.165) is 37.6 Å². The third-order valence-corrected chi connectivity index (χ3v) is 5.11. The van der Waals surface area contributed by atoms with Gasteiger partial charge in [0.05, 0.1) is 6.26 Å². The predicted octanol–water partition coefficient (Wildman–Crippen LogP) is 5.15. The highest BCUT2D eigenvalue weighted by molar-refractivity contribution is 7.86. The van der Waals surface area contributed by atoms with Gasteiger partial charge in [0.1, 0.15) is 5.75 Å². The Balaban J connectivity index is 2.61. The van der Waals surface area contributed by atoms with E-state index in [-0.39, 0.29) is 5.91 Å². The summed E-state index contributed by atoms with van der Waals surface area (Å²) in [5.74, 6) is 1.03. The number of carbonyl (C=O) groups is 1. The summed E-state index contributed by atoms with van der Waals surface area (Å²) in [5, 5.41) is 0. The Morgan fingerprint density at radius 2 is 1.64 bits per heavy atom. The molecule has 0 N–H and O–H groups in total. The van der Waals surface area contributed by atoms with Gasteiger partial charge < -0.3 is 9.08 Å². The third-order valence-electron chi connectivity index (χ3n) is 4.62. The van der Waals surface area contributed by atoms with Crippen molar-refractivity contribution in [3.63, 3.8) is 0 Å². The van der Waals surface area contributed by atoms with E-state index in [1.54, 1.807) is 12.1 Å². The largest absolute Gasteiger partial charge is 0.383 e. The van der Waals surface area contributed by atoms with Crippen molar-refractivity contribution in [1.29, 1.82) is 0 Å². The molecule has 1 rings (SSSR count). The molecule has 0 bridgehead atoms. The fourth-order valence-electron chi connectivity index (χ4n) is 2.97. The highest BCUT2D eigenvalue weighted by atomic mass is 32.2. The Bertz CT molecular complexity index is 668. The number of hydrogen-bond acceptors (Lipinski definition) is 4. The molecule has 1 aromatic carbocycles. The van der Waals surface area contributed by atoms with Crippen molar-refractivity contribution in [1.82, 2.24) is 4.90 Å². The topological polar surface area (TPSA) is 63.7 Å². The smallest absolute Gasteiger partial charge is 0.306 e. The maximum atomic E-state index is 12.7. The van der Waals surface area contributed by atoms with Gasteiger partial charge >= 0.3 is 10.1 Å². The lowest BCUT2D eigenvalue weighted by molar-refractivity contribution is -0.132. The summed E-state index contributed by atoms with van der Waals surface area (Å²) >= 11 is 0. The molecule has 1 aromatic rings. The molecule has 0 radical (unpaired) electrons. The summed E-state index contributed by atoms with van der Waals surface area (Å²) in [6, 6.07) is 6.91. The number of benzene rings is 1. The average Bonchev–Trinajstić information content (AvgIpc) is 2.61. The number of rotatable bonds is 14. The molecule has 0 spiro atoms. The maximum absolute atomic E-state index is 12.7. The molecule has 0 aliphatic carbocycles. The highest BCUT2D eigenvalue weighted by Crippen LogP contribution is 2.17. The van der Waals surface area contributed by atoms with Crippen molar-refractivity contribution in [3.8, 4) is 5.75 Å². The number of unbranched alkanes of at least 4 members (excludes halogenated alkanes) is 5. The van der Waals surface area contributed by atoms with Crippen LogP contribution in [-0.4, -0.2) is 32.0 Å². The Morgan fingerprint density at radius 1 is 1.04 bits per heavy atom. The highest BCUT2D eigenvalue weighted by Gasteiger charge is 2.15. The van der Waals surface area contributed by atoms with Gasteiger partial charge in [-0.05, 0) is 36.5 Å². The van der Waals surface area contributed by atoms with Gasteiger partial charge in [-0.15, -0.1) is 0 Å². The molecule has 0 fully saturated rings. The summed E-state index contributed by atoms with van der Waals surface area (Å²) in [5.41, 5.74) is 0.973. The van der Waals surface area contributed by atoms with Crippen LogP contribution in [0, 0.1) is 5.92 Å². The average molecular weight is 412 g/mol. The summed E-state index contributed by atoms with van der Waals surface area (Å²) in [4.78, 5) is 14.7. The van der Waals surface area contributed by atoms with E-state index < -0.39 is 10.1 Å². The normalized spacial score (nSPS) is 11.6. The fourth-order valence-corrected chi connectivity index (χ4v) is 3.43. The lowest BCUT2D eigenvalue weighted by Gasteiger charge is -2.24. The summed E-state index contributed by atoms with van der Waals surface area (Å²) in [6.07, 6.45) is 9.61. The van der Waals surface area contributed by atoms with Crippen molar-refractivity contribution in [2.75, 3.05) is 12.8 Å². The zero-order valence-corrected chi connectivity index (χ0v) is 18.8. The summed E-state index contributed by atoms with van der Waals surface area (Å²) in [6.45, 7) is 7.81. The van der Waals surface area contributed by atoms with Crippen LogP contribution in [-0.2, 0) is 21.5 Å². The van der Waals surface area contributed by atoms with Crippen LogP contribution in [0.1, 0.15) is 77.7 Å². The van der Waals surface area contributed by atoms with Crippen molar-refractivity contribution < 1.29 is 17.4 Å². The van der Waals surface area contributed by atoms with Crippen molar-refractivity contribution in [2.45, 2.75) is 78.7 Å². The van der Waals surface area contributed by atoms with Gasteiger partial charge in [0, 0.05) is 19.5 Å². The maximum Gasteiger partial charge on any atom is 0.306 e. The van der Waals surface area contributed by atoms with Crippen molar-refractivity contribution >= 4 is 16.0 Å². The van der Waals surface area contributed by atoms with Crippen molar-refractivity contribution in [3.05, 3.63) is 29.8 Å². The number of nitrogens with zero attached hydrogens (tertiary/aromatic N) is 1. The number of carbonyl (C=O) groups excluding carboxylic acids is 1. The second-order valence-corrected chi connectivity index (χ2v) is 9.52. The summed E-state index contributed by atoms with van der Waals surface area (Å²) < 4.78 is 27.3. The van der Waals surface area contributed by atoms with Gasteiger partial charge in [0.2, 0.25) is 5.91 Å². The van der Waals surface area contributed by atoms with Crippen LogP contribution in [0.4, 0.5) is 0 Å². The van der Waals surface area contributed by atoms with Gasteiger partial charge in [-0.2, -0.15) is 8.42 Å². The molecule has 0 saturated carbocycles. The third kappa shape index (κ3) is 11.3. The molecule has 0 aliphatic heterocycles. The van der Waals surface area contributed by atoms with Crippen LogP contribution in [0.15, 0.2) is 24.3 Å². The Hall–Kier alpha value is -1.56. The van der Waals surface area contributed by atoms with E-state index in [2.05, 4.69) is 20.8 Å². The predicted molar refractivity (Wildman–Crippen MR) is 115 cm³/mol. The lowest BCUT2D eigenvalue weighted by atomic mass is 10.1. The van der Waals surface area contributed by atoms with Gasteiger partial charge in [-0.25, -0.2) is 0 Å². The summed E-state index contributed by atoms with van der Waals surface area (Å²) in [7, 11) is -3.53.